The van der Waals surface area contributed by atoms with Gasteiger partial charge in [-0.05, 0) is 13.3 Å². The van der Waals surface area contributed by atoms with Gasteiger partial charge < -0.3 is 18.9 Å². The number of hydrogen-bond acceptors (Lipinski definition) is 7. The molecule has 8 heteroatoms. The molecule has 0 atom stereocenters. The summed E-state index contributed by atoms with van der Waals surface area (Å²) in [6.07, 6.45) is 1.69. The van der Waals surface area contributed by atoms with E-state index in [9.17, 15) is 4.79 Å². The van der Waals surface area contributed by atoms with Gasteiger partial charge in [0.2, 0.25) is 5.89 Å². The molecule has 0 N–H and O–H groups in total. The Kier molecular flexibility index (Phi) is 4.80. The Morgan fingerprint density at radius 1 is 1.35 bits per heavy atom. The highest BCUT2D eigenvalue weighted by Crippen LogP contribution is 2.39. The molecule has 3 rings (SSSR count). The van der Waals surface area contributed by atoms with Gasteiger partial charge in [-0.2, -0.15) is 4.98 Å². The summed E-state index contributed by atoms with van der Waals surface area (Å²) in [4.78, 5) is 19.3. The van der Waals surface area contributed by atoms with Crippen LogP contribution in [0.5, 0.6) is 11.5 Å². The lowest BCUT2D eigenvalue weighted by Gasteiger charge is -2.20. The third kappa shape index (κ3) is 3.31. The second kappa shape index (κ2) is 6.99. The SMILES string of the molecule is CCCc1nc(CN(CC)C(=O)c2scc3c2OCCO3)no1. The van der Waals surface area contributed by atoms with Gasteiger partial charge in [-0.25, -0.2) is 0 Å². The average Bonchev–Trinajstić information content (AvgIpc) is 3.19. The smallest absolute Gasteiger partial charge is 0.268 e. The molecule has 0 aromatic carbocycles. The summed E-state index contributed by atoms with van der Waals surface area (Å²) in [6, 6.07) is 0. The fraction of sp³-hybridized carbons (Fsp3) is 0.533. The molecule has 0 aliphatic carbocycles. The molecule has 2 aromatic rings. The summed E-state index contributed by atoms with van der Waals surface area (Å²) < 4.78 is 16.2. The molecule has 23 heavy (non-hydrogen) atoms. The Bertz CT molecular complexity index is 682. The molecule has 0 spiro atoms. The van der Waals surface area contributed by atoms with E-state index in [1.807, 2.05) is 19.2 Å². The number of amides is 1. The van der Waals surface area contributed by atoms with Crippen LogP contribution in [0, 0.1) is 0 Å². The predicted molar refractivity (Wildman–Crippen MR) is 84.0 cm³/mol. The van der Waals surface area contributed by atoms with E-state index < -0.39 is 0 Å². The quantitative estimate of drug-likeness (QED) is 0.806. The van der Waals surface area contributed by atoms with Crippen molar-refractivity contribution in [1.29, 1.82) is 0 Å². The fourth-order valence-corrected chi connectivity index (χ4v) is 3.22. The Morgan fingerprint density at radius 3 is 2.96 bits per heavy atom. The summed E-state index contributed by atoms with van der Waals surface area (Å²) in [6.45, 7) is 5.80. The van der Waals surface area contributed by atoms with E-state index in [2.05, 4.69) is 10.1 Å². The predicted octanol–water partition coefficient (Wildman–Crippen LogP) is 2.52. The van der Waals surface area contributed by atoms with E-state index in [-0.39, 0.29) is 5.91 Å². The molecule has 0 fully saturated rings. The number of thiophene rings is 1. The molecule has 3 heterocycles. The second-order valence-corrected chi connectivity index (χ2v) is 6.01. The molecule has 0 bridgehead atoms. The van der Waals surface area contributed by atoms with Crippen molar-refractivity contribution in [2.24, 2.45) is 0 Å². The number of carbonyl (C=O) groups is 1. The van der Waals surface area contributed by atoms with Crippen molar-refractivity contribution in [3.63, 3.8) is 0 Å². The van der Waals surface area contributed by atoms with Gasteiger partial charge in [0, 0.05) is 18.3 Å². The molecule has 0 saturated heterocycles. The molecule has 0 radical (unpaired) electrons. The van der Waals surface area contributed by atoms with Crippen molar-refractivity contribution < 1.29 is 18.8 Å². The molecule has 0 saturated carbocycles. The maximum absolute atomic E-state index is 12.8. The summed E-state index contributed by atoms with van der Waals surface area (Å²) >= 11 is 1.34. The van der Waals surface area contributed by atoms with E-state index in [4.69, 9.17) is 14.0 Å². The molecular weight excluding hydrogens is 318 g/mol. The fourth-order valence-electron chi connectivity index (χ4n) is 2.32. The number of fused-ring (bicyclic) bond motifs is 1. The maximum Gasteiger partial charge on any atom is 0.268 e. The second-order valence-electron chi connectivity index (χ2n) is 5.13. The minimum atomic E-state index is -0.105. The van der Waals surface area contributed by atoms with Gasteiger partial charge in [0.15, 0.2) is 17.3 Å². The topological polar surface area (TPSA) is 77.7 Å². The first-order chi connectivity index (χ1) is 11.2. The minimum absolute atomic E-state index is 0.105. The van der Waals surface area contributed by atoms with Crippen molar-refractivity contribution in [3.05, 3.63) is 22.0 Å². The maximum atomic E-state index is 12.8. The van der Waals surface area contributed by atoms with Crippen molar-refractivity contribution >= 4 is 17.2 Å². The Morgan fingerprint density at radius 2 is 2.17 bits per heavy atom. The van der Waals surface area contributed by atoms with E-state index in [0.29, 0.717) is 54.4 Å². The van der Waals surface area contributed by atoms with Crippen molar-refractivity contribution in [1.82, 2.24) is 15.0 Å². The Labute approximate surface area is 138 Å². The van der Waals surface area contributed by atoms with Crippen LogP contribution in [0.2, 0.25) is 0 Å². The molecule has 7 nitrogen and oxygen atoms in total. The van der Waals surface area contributed by atoms with Crippen LogP contribution in [0.4, 0.5) is 0 Å². The van der Waals surface area contributed by atoms with E-state index in [0.717, 1.165) is 12.8 Å². The van der Waals surface area contributed by atoms with Crippen LogP contribution in [-0.2, 0) is 13.0 Å². The molecule has 1 aliphatic rings. The highest BCUT2D eigenvalue weighted by atomic mass is 32.1. The van der Waals surface area contributed by atoms with Crippen molar-refractivity contribution in [2.75, 3.05) is 19.8 Å². The summed E-state index contributed by atoms with van der Waals surface area (Å²) in [5.41, 5.74) is 0. The van der Waals surface area contributed by atoms with Crippen LogP contribution in [0.3, 0.4) is 0 Å². The van der Waals surface area contributed by atoms with Gasteiger partial charge in [0.25, 0.3) is 5.91 Å². The normalized spacial score (nSPS) is 13.1. The molecule has 2 aromatic heterocycles. The van der Waals surface area contributed by atoms with E-state index in [1.54, 1.807) is 4.90 Å². The first-order valence-corrected chi connectivity index (χ1v) is 8.58. The Balaban J connectivity index is 1.74. The number of ether oxygens (including phenoxy) is 2. The van der Waals surface area contributed by atoms with Crippen LogP contribution in [0.25, 0.3) is 0 Å². The molecule has 1 amide bonds. The molecular formula is C15H19N3O4S. The zero-order chi connectivity index (χ0) is 16.2. The summed E-state index contributed by atoms with van der Waals surface area (Å²) in [7, 11) is 0. The first-order valence-electron chi connectivity index (χ1n) is 7.70. The van der Waals surface area contributed by atoms with E-state index >= 15 is 0 Å². The van der Waals surface area contributed by atoms with Crippen LogP contribution in [0.1, 0.15) is 41.7 Å². The highest BCUT2D eigenvalue weighted by molar-refractivity contribution is 7.12. The van der Waals surface area contributed by atoms with Crippen LogP contribution in [-0.4, -0.2) is 40.7 Å². The van der Waals surface area contributed by atoms with Gasteiger partial charge in [-0.15, -0.1) is 11.3 Å². The zero-order valence-electron chi connectivity index (χ0n) is 13.2. The number of hydrogen-bond donors (Lipinski definition) is 0. The highest BCUT2D eigenvalue weighted by Gasteiger charge is 2.27. The van der Waals surface area contributed by atoms with Gasteiger partial charge in [-0.1, -0.05) is 12.1 Å². The minimum Gasteiger partial charge on any atom is -0.485 e. The van der Waals surface area contributed by atoms with Crippen LogP contribution in [0.15, 0.2) is 9.90 Å². The number of carbonyl (C=O) groups excluding carboxylic acids is 1. The molecule has 0 unspecified atom stereocenters. The van der Waals surface area contributed by atoms with Crippen LogP contribution >= 0.6 is 11.3 Å². The Hall–Kier alpha value is -2.09. The molecule has 1 aliphatic heterocycles. The lowest BCUT2D eigenvalue weighted by atomic mass is 10.3. The molecule has 124 valence electrons. The largest absolute Gasteiger partial charge is 0.485 e. The number of aromatic nitrogens is 2. The van der Waals surface area contributed by atoms with Gasteiger partial charge in [-0.3, -0.25) is 4.79 Å². The number of nitrogens with zero attached hydrogens (tertiary/aromatic N) is 3. The zero-order valence-corrected chi connectivity index (χ0v) is 14.0. The number of rotatable bonds is 6. The third-order valence-corrected chi connectivity index (χ3v) is 4.40. The summed E-state index contributed by atoms with van der Waals surface area (Å²) in [5.74, 6) is 2.21. The standard InChI is InChI=1S/C15H19N3O4S/c1-3-5-12-16-11(17-22-12)8-18(4-2)15(19)14-13-10(9-23-14)20-6-7-21-13/h9H,3-8H2,1-2H3. The van der Waals surface area contributed by atoms with Gasteiger partial charge in [0.05, 0.1) is 6.54 Å². The monoisotopic (exact) mass is 337 g/mol. The lowest BCUT2D eigenvalue weighted by molar-refractivity contribution is 0.0743. The van der Waals surface area contributed by atoms with E-state index in [1.165, 1.54) is 11.3 Å². The van der Waals surface area contributed by atoms with Crippen LogP contribution < -0.4 is 9.47 Å². The summed E-state index contributed by atoms with van der Waals surface area (Å²) in [5, 5.41) is 5.75. The number of aryl methyl sites for hydroxylation is 1. The van der Waals surface area contributed by atoms with Gasteiger partial charge >= 0.3 is 0 Å². The van der Waals surface area contributed by atoms with Crippen molar-refractivity contribution in [3.8, 4) is 11.5 Å². The first kappa shape index (κ1) is 15.8. The van der Waals surface area contributed by atoms with Gasteiger partial charge in [0.1, 0.15) is 18.1 Å². The lowest BCUT2D eigenvalue weighted by Crippen LogP contribution is -2.30. The average molecular weight is 337 g/mol. The third-order valence-electron chi connectivity index (χ3n) is 3.47. The van der Waals surface area contributed by atoms with Crippen molar-refractivity contribution in [2.45, 2.75) is 33.2 Å².